The first-order valence-electron chi connectivity index (χ1n) is 13.9. The number of piperidine rings is 1. The number of hydrogen-bond acceptors (Lipinski definition) is 6. The maximum Gasteiger partial charge on any atom is 0.225 e. The van der Waals surface area contributed by atoms with Crippen LogP contribution in [0.15, 0.2) is 91.0 Å². The lowest BCUT2D eigenvalue weighted by atomic mass is 9.95. The molecule has 0 bridgehead atoms. The predicted octanol–water partition coefficient (Wildman–Crippen LogP) is 7.05. The highest BCUT2D eigenvalue weighted by atomic mass is 16.7. The van der Waals surface area contributed by atoms with Crippen LogP contribution in [0.1, 0.15) is 29.5 Å². The SMILES string of the molecule is COC(OC)C1CCN(c2ccc(-c3cc(C)c(OCc4ccccc4)nc3OCc3ccccc3)cc2)CC1. The summed E-state index contributed by atoms with van der Waals surface area (Å²) in [5.41, 5.74) is 6.38. The summed E-state index contributed by atoms with van der Waals surface area (Å²) >= 11 is 0. The molecule has 0 amide bonds. The molecule has 5 rings (SSSR count). The van der Waals surface area contributed by atoms with Gasteiger partial charge in [-0.25, -0.2) is 0 Å². The van der Waals surface area contributed by atoms with Crippen LogP contribution >= 0.6 is 0 Å². The zero-order valence-electron chi connectivity index (χ0n) is 23.6. The monoisotopic (exact) mass is 538 g/mol. The number of benzene rings is 3. The smallest absolute Gasteiger partial charge is 0.225 e. The van der Waals surface area contributed by atoms with Gasteiger partial charge in [-0.1, -0.05) is 72.8 Å². The van der Waals surface area contributed by atoms with E-state index in [0.717, 1.165) is 53.7 Å². The van der Waals surface area contributed by atoms with Gasteiger partial charge in [0.25, 0.3) is 0 Å². The number of hydrogen-bond donors (Lipinski definition) is 0. The van der Waals surface area contributed by atoms with Crippen LogP contribution in [0, 0.1) is 12.8 Å². The van der Waals surface area contributed by atoms with E-state index >= 15 is 0 Å². The summed E-state index contributed by atoms with van der Waals surface area (Å²) in [6.07, 6.45) is 1.95. The van der Waals surface area contributed by atoms with Crippen molar-refractivity contribution in [3.05, 3.63) is 108 Å². The van der Waals surface area contributed by atoms with Gasteiger partial charge in [0, 0.05) is 50.0 Å². The van der Waals surface area contributed by atoms with E-state index in [1.54, 1.807) is 14.2 Å². The Morgan fingerprint density at radius 2 is 1.30 bits per heavy atom. The van der Waals surface area contributed by atoms with Crippen LogP contribution in [-0.2, 0) is 22.7 Å². The molecule has 0 spiro atoms. The molecular weight excluding hydrogens is 500 g/mol. The first-order chi connectivity index (χ1) is 19.6. The van der Waals surface area contributed by atoms with Crippen molar-refractivity contribution in [2.24, 2.45) is 5.92 Å². The Morgan fingerprint density at radius 1 is 0.750 bits per heavy atom. The molecule has 0 atom stereocenters. The molecule has 6 heteroatoms. The Balaban J connectivity index is 1.35. The molecule has 208 valence electrons. The molecule has 0 aliphatic carbocycles. The van der Waals surface area contributed by atoms with Gasteiger partial charge in [0.2, 0.25) is 11.8 Å². The first kappa shape index (κ1) is 27.7. The number of methoxy groups -OCH3 is 2. The lowest BCUT2D eigenvalue weighted by molar-refractivity contribution is -0.141. The molecule has 6 nitrogen and oxygen atoms in total. The van der Waals surface area contributed by atoms with Gasteiger partial charge in [-0.3, -0.25) is 0 Å². The number of ether oxygens (including phenoxy) is 4. The zero-order valence-corrected chi connectivity index (χ0v) is 23.6. The fourth-order valence-electron chi connectivity index (χ4n) is 5.26. The molecular formula is C34H38N2O4. The van der Waals surface area contributed by atoms with E-state index in [1.165, 1.54) is 5.69 Å². The van der Waals surface area contributed by atoms with Crippen LogP contribution in [0.4, 0.5) is 5.69 Å². The molecule has 40 heavy (non-hydrogen) atoms. The number of rotatable bonds is 11. The van der Waals surface area contributed by atoms with Crippen LogP contribution in [0.25, 0.3) is 11.1 Å². The van der Waals surface area contributed by atoms with Crippen molar-refractivity contribution in [2.75, 3.05) is 32.2 Å². The predicted molar refractivity (Wildman–Crippen MR) is 159 cm³/mol. The first-order valence-corrected chi connectivity index (χ1v) is 13.9. The van der Waals surface area contributed by atoms with Crippen molar-refractivity contribution < 1.29 is 18.9 Å². The molecule has 4 aromatic rings. The molecule has 0 N–H and O–H groups in total. The van der Waals surface area contributed by atoms with Gasteiger partial charge in [-0.15, -0.1) is 0 Å². The van der Waals surface area contributed by atoms with E-state index in [-0.39, 0.29) is 6.29 Å². The van der Waals surface area contributed by atoms with E-state index in [1.807, 2.05) is 55.5 Å². The summed E-state index contributed by atoms with van der Waals surface area (Å²) in [5, 5.41) is 0. The standard InChI is InChI=1S/C34H38N2O4/c1-25-22-31(28-14-16-30(17-15-28)36-20-18-29(19-21-36)34(37-2)38-3)33(40-24-27-12-8-5-9-13-27)35-32(25)39-23-26-10-6-4-7-11-26/h4-17,22,29,34H,18-21,23-24H2,1-3H3. The maximum atomic E-state index is 6.30. The Hall–Kier alpha value is -3.87. The fraction of sp³-hybridized carbons (Fsp3) is 0.324. The molecule has 0 saturated carbocycles. The summed E-state index contributed by atoms with van der Waals surface area (Å²) in [6, 6.07) is 31.1. The molecule has 0 unspecified atom stereocenters. The number of nitrogens with zero attached hydrogens (tertiary/aromatic N) is 2. The van der Waals surface area contributed by atoms with Gasteiger partial charge in [-0.2, -0.15) is 4.98 Å². The van der Waals surface area contributed by atoms with Crippen molar-refractivity contribution in [3.63, 3.8) is 0 Å². The molecule has 1 aliphatic rings. The Kier molecular flexibility index (Phi) is 9.32. The van der Waals surface area contributed by atoms with Crippen LogP contribution in [0.5, 0.6) is 11.8 Å². The molecule has 3 aromatic carbocycles. The van der Waals surface area contributed by atoms with Gasteiger partial charge in [0.15, 0.2) is 6.29 Å². The summed E-state index contributed by atoms with van der Waals surface area (Å²) in [6.45, 7) is 4.87. The van der Waals surface area contributed by atoms with Crippen molar-refractivity contribution >= 4 is 5.69 Å². The minimum absolute atomic E-state index is 0.130. The van der Waals surface area contributed by atoms with E-state index < -0.39 is 0 Å². The van der Waals surface area contributed by atoms with E-state index in [2.05, 4.69) is 47.4 Å². The van der Waals surface area contributed by atoms with Gasteiger partial charge in [0.1, 0.15) is 13.2 Å². The third-order valence-electron chi connectivity index (χ3n) is 7.50. The van der Waals surface area contributed by atoms with E-state index in [0.29, 0.717) is 30.9 Å². The molecule has 1 aliphatic heterocycles. The highest BCUT2D eigenvalue weighted by Gasteiger charge is 2.26. The van der Waals surface area contributed by atoms with Crippen molar-refractivity contribution in [2.45, 2.75) is 39.3 Å². The van der Waals surface area contributed by atoms with Crippen molar-refractivity contribution in [3.8, 4) is 22.9 Å². The van der Waals surface area contributed by atoms with Crippen LogP contribution < -0.4 is 14.4 Å². The summed E-state index contributed by atoms with van der Waals surface area (Å²) in [7, 11) is 3.44. The second-order valence-corrected chi connectivity index (χ2v) is 10.2. The maximum absolute atomic E-state index is 6.30. The lowest BCUT2D eigenvalue weighted by Crippen LogP contribution is -2.39. The zero-order chi connectivity index (χ0) is 27.7. The second kappa shape index (κ2) is 13.5. The van der Waals surface area contributed by atoms with Gasteiger partial charge < -0.3 is 23.8 Å². The Bertz CT molecular complexity index is 1330. The van der Waals surface area contributed by atoms with Crippen LogP contribution in [-0.4, -0.2) is 38.6 Å². The molecule has 1 aromatic heterocycles. The molecule has 1 fully saturated rings. The molecule has 1 saturated heterocycles. The quantitative estimate of drug-likeness (QED) is 0.191. The number of anilines is 1. The Morgan fingerprint density at radius 3 is 1.85 bits per heavy atom. The van der Waals surface area contributed by atoms with E-state index in [4.69, 9.17) is 23.9 Å². The summed E-state index contributed by atoms with van der Waals surface area (Å²) < 4.78 is 23.4. The fourth-order valence-corrected chi connectivity index (χ4v) is 5.26. The van der Waals surface area contributed by atoms with Gasteiger partial charge >= 0.3 is 0 Å². The van der Waals surface area contributed by atoms with Gasteiger partial charge in [0.05, 0.1) is 0 Å². The normalized spacial score (nSPS) is 13.9. The van der Waals surface area contributed by atoms with Crippen LogP contribution in [0.3, 0.4) is 0 Å². The van der Waals surface area contributed by atoms with Crippen molar-refractivity contribution in [1.82, 2.24) is 4.98 Å². The lowest BCUT2D eigenvalue weighted by Gasteiger charge is -2.36. The van der Waals surface area contributed by atoms with Crippen molar-refractivity contribution in [1.29, 1.82) is 0 Å². The highest BCUT2D eigenvalue weighted by Crippen LogP contribution is 2.35. The third kappa shape index (κ3) is 6.82. The average Bonchev–Trinajstić information content (AvgIpc) is 3.02. The molecule has 2 heterocycles. The minimum Gasteiger partial charge on any atom is -0.473 e. The number of aromatic nitrogens is 1. The molecule has 0 radical (unpaired) electrons. The Labute approximate surface area is 237 Å². The van der Waals surface area contributed by atoms with Gasteiger partial charge in [-0.05, 0) is 54.7 Å². The third-order valence-corrected chi connectivity index (χ3v) is 7.50. The number of aryl methyl sites for hydroxylation is 1. The van der Waals surface area contributed by atoms with E-state index in [9.17, 15) is 0 Å². The second-order valence-electron chi connectivity index (χ2n) is 10.2. The number of pyridine rings is 1. The highest BCUT2D eigenvalue weighted by molar-refractivity contribution is 5.72. The summed E-state index contributed by atoms with van der Waals surface area (Å²) in [4.78, 5) is 7.28. The van der Waals surface area contributed by atoms with Crippen LogP contribution in [0.2, 0.25) is 0 Å². The average molecular weight is 539 g/mol. The minimum atomic E-state index is -0.130. The largest absolute Gasteiger partial charge is 0.473 e. The topological polar surface area (TPSA) is 53.1 Å². The summed E-state index contributed by atoms with van der Waals surface area (Å²) in [5.74, 6) is 1.57.